The Morgan fingerprint density at radius 1 is 1.38 bits per heavy atom. The smallest absolute Gasteiger partial charge is 0.258 e. The minimum Gasteiger partial charge on any atom is -0.278 e. The summed E-state index contributed by atoms with van der Waals surface area (Å²) in [5.74, 6) is -0.379. The fourth-order valence-electron chi connectivity index (χ4n) is 1.69. The average Bonchev–Trinajstić information content (AvgIpc) is 2.81. The van der Waals surface area contributed by atoms with Gasteiger partial charge in [0.15, 0.2) is 0 Å². The molecule has 2 aromatic heterocycles. The maximum Gasteiger partial charge on any atom is 0.258 e. The molecular weight excluding hydrogens is 310 g/mol. The van der Waals surface area contributed by atoms with Gasteiger partial charge >= 0.3 is 0 Å². The number of nitrogens with zero attached hydrogens (tertiary/aromatic N) is 1. The fourth-order valence-corrected chi connectivity index (χ4v) is 3.25. The molecule has 114 valence electrons. The summed E-state index contributed by atoms with van der Waals surface area (Å²) in [5, 5.41) is 2.59. The standard InChI is InChI=1S/C13H17N3O3S2/c1-13(2,3)7-11(17)15-16-21(18,19)10-6-9-4-5-20-12(9)14-8-10/h4-6,8,16H,7H2,1-3H3,(H,15,17). The molecule has 0 aromatic carbocycles. The average molecular weight is 327 g/mol. The first-order valence-corrected chi connectivity index (χ1v) is 8.68. The van der Waals surface area contributed by atoms with Crippen molar-refractivity contribution in [2.75, 3.05) is 0 Å². The summed E-state index contributed by atoms with van der Waals surface area (Å²) in [6, 6.07) is 3.32. The van der Waals surface area contributed by atoms with Gasteiger partial charge in [-0.1, -0.05) is 20.8 Å². The molecule has 0 aliphatic rings. The van der Waals surface area contributed by atoms with Gasteiger partial charge in [0.2, 0.25) is 5.91 Å². The first-order chi connectivity index (χ1) is 9.67. The number of amides is 1. The van der Waals surface area contributed by atoms with Crippen LogP contribution in [0, 0.1) is 5.41 Å². The van der Waals surface area contributed by atoms with Crippen molar-refractivity contribution in [3.05, 3.63) is 23.7 Å². The Hall–Kier alpha value is -1.51. The third-order valence-corrected chi connectivity index (χ3v) is 4.66. The number of pyridine rings is 1. The van der Waals surface area contributed by atoms with Gasteiger partial charge in [-0.3, -0.25) is 10.2 Å². The molecule has 0 atom stereocenters. The predicted octanol–water partition coefficient (Wildman–Crippen LogP) is 2.04. The highest BCUT2D eigenvalue weighted by Gasteiger charge is 2.19. The van der Waals surface area contributed by atoms with E-state index >= 15 is 0 Å². The summed E-state index contributed by atoms with van der Waals surface area (Å²) in [5.41, 5.74) is 2.00. The Balaban J connectivity index is 2.09. The van der Waals surface area contributed by atoms with Crippen LogP contribution in [-0.2, 0) is 14.8 Å². The van der Waals surface area contributed by atoms with E-state index in [9.17, 15) is 13.2 Å². The molecular formula is C13H17N3O3S2. The van der Waals surface area contributed by atoms with Gasteiger partial charge in [-0.25, -0.2) is 13.4 Å². The maximum absolute atomic E-state index is 12.1. The third kappa shape index (κ3) is 4.23. The molecule has 2 rings (SSSR count). The quantitative estimate of drug-likeness (QED) is 0.841. The van der Waals surface area contributed by atoms with Crippen LogP contribution in [0.1, 0.15) is 27.2 Å². The molecule has 0 unspecified atom stereocenters. The Kier molecular flexibility index (Phi) is 4.31. The molecule has 8 heteroatoms. The minimum absolute atomic E-state index is 0.0180. The lowest BCUT2D eigenvalue weighted by molar-refractivity contribution is -0.123. The lowest BCUT2D eigenvalue weighted by Crippen LogP contribution is -2.42. The van der Waals surface area contributed by atoms with Gasteiger partial charge in [0.25, 0.3) is 10.0 Å². The van der Waals surface area contributed by atoms with E-state index in [0.717, 1.165) is 10.2 Å². The van der Waals surface area contributed by atoms with Crippen molar-refractivity contribution in [2.24, 2.45) is 5.41 Å². The molecule has 21 heavy (non-hydrogen) atoms. The second-order valence-electron chi connectivity index (χ2n) is 5.88. The predicted molar refractivity (Wildman–Crippen MR) is 82.2 cm³/mol. The fraction of sp³-hybridized carbons (Fsp3) is 0.385. The SMILES string of the molecule is CC(C)(C)CC(=O)NNS(=O)(=O)c1cnc2sccc2c1. The van der Waals surface area contributed by atoms with Gasteiger partial charge < -0.3 is 0 Å². The van der Waals surface area contributed by atoms with Crippen LogP contribution in [0.25, 0.3) is 10.2 Å². The molecule has 0 spiro atoms. The van der Waals surface area contributed by atoms with Crippen molar-refractivity contribution in [1.29, 1.82) is 0 Å². The second kappa shape index (κ2) is 5.70. The van der Waals surface area contributed by atoms with Gasteiger partial charge in [0, 0.05) is 18.0 Å². The zero-order valence-corrected chi connectivity index (χ0v) is 13.6. The molecule has 0 radical (unpaired) electrons. The van der Waals surface area contributed by atoms with Crippen molar-refractivity contribution >= 4 is 37.5 Å². The van der Waals surface area contributed by atoms with Crippen LogP contribution in [0.4, 0.5) is 0 Å². The van der Waals surface area contributed by atoms with Crippen LogP contribution in [0.2, 0.25) is 0 Å². The number of aromatic nitrogens is 1. The van der Waals surface area contributed by atoms with Gasteiger partial charge in [-0.2, -0.15) is 0 Å². The van der Waals surface area contributed by atoms with E-state index in [1.54, 1.807) is 6.07 Å². The Morgan fingerprint density at radius 3 is 2.76 bits per heavy atom. The highest BCUT2D eigenvalue weighted by Crippen LogP contribution is 2.21. The van der Waals surface area contributed by atoms with Gasteiger partial charge in [-0.05, 0) is 22.9 Å². The van der Waals surface area contributed by atoms with Crippen LogP contribution < -0.4 is 10.3 Å². The van der Waals surface area contributed by atoms with Crippen LogP contribution in [0.5, 0.6) is 0 Å². The number of fused-ring (bicyclic) bond motifs is 1. The molecule has 2 heterocycles. The number of carbonyl (C=O) groups is 1. The zero-order chi connectivity index (χ0) is 15.7. The monoisotopic (exact) mass is 327 g/mol. The van der Waals surface area contributed by atoms with Crippen LogP contribution in [-0.4, -0.2) is 19.3 Å². The van der Waals surface area contributed by atoms with Crippen molar-refractivity contribution in [3.63, 3.8) is 0 Å². The molecule has 2 aromatic rings. The Labute approximate surface area is 127 Å². The summed E-state index contributed by atoms with van der Waals surface area (Å²) < 4.78 is 24.2. The van der Waals surface area contributed by atoms with E-state index in [0.29, 0.717) is 0 Å². The van der Waals surface area contributed by atoms with Crippen molar-refractivity contribution in [1.82, 2.24) is 15.2 Å². The molecule has 0 saturated carbocycles. The van der Waals surface area contributed by atoms with Crippen LogP contribution in [0.3, 0.4) is 0 Å². The highest BCUT2D eigenvalue weighted by atomic mass is 32.2. The minimum atomic E-state index is -3.82. The van der Waals surface area contributed by atoms with Gasteiger partial charge in [0.05, 0.1) is 0 Å². The Bertz CT molecular complexity index is 760. The van der Waals surface area contributed by atoms with E-state index < -0.39 is 10.0 Å². The lowest BCUT2D eigenvalue weighted by atomic mass is 9.92. The van der Waals surface area contributed by atoms with E-state index in [1.165, 1.54) is 23.6 Å². The summed E-state index contributed by atoms with van der Waals surface area (Å²) in [6.07, 6.45) is 1.49. The summed E-state index contributed by atoms with van der Waals surface area (Å²) >= 11 is 1.44. The molecule has 0 fully saturated rings. The number of sulfonamides is 1. The maximum atomic E-state index is 12.1. The van der Waals surface area contributed by atoms with Crippen LogP contribution in [0.15, 0.2) is 28.6 Å². The molecule has 2 N–H and O–H groups in total. The Morgan fingerprint density at radius 2 is 2.10 bits per heavy atom. The molecule has 0 saturated heterocycles. The molecule has 0 aliphatic heterocycles. The number of nitrogens with one attached hydrogen (secondary N) is 2. The third-order valence-electron chi connectivity index (χ3n) is 2.61. The first kappa shape index (κ1) is 15.9. The number of thiophene rings is 1. The summed E-state index contributed by atoms with van der Waals surface area (Å²) in [6.45, 7) is 5.69. The molecule has 0 bridgehead atoms. The normalized spacial score (nSPS) is 12.5. The van der Waals surface area contributed by atoms with Crippen LogP contribution >= 0.6 is 11.3 Å². The van der Waals surface area contributed by atoms with Gasteiger partial charge in [-0.15, -0.1) is 16.2 Å². The lowest BCUT2D eigenvalue weighted by Gasteiger charge is -2.17. The second-order valence-corrected chi connectivity index (χ2v) is 8.45. The molecule has 6 nitrogen and oxygen atoms in total. The largest absolute Gasteiger partial charge is 0.278 e. The van der Waals surface area contributed by atoms with E-state index in [2.05, 4.69) is 15.2 Å². The number of hydrogen-bond acceptors (Lipinski definition) is 5. The van der Waals surface area contributed by atoms with Crippen molar-refractivity contribution in [2.45, 2.75) is 32.1 Å². The van der Waals surface area contributed by atoms with Crippen molar-refractivity contribution in [3.8, 4) is 0 Å². The zero-order valence-electron chi connectivity index (χ0n) is 12.0. The molecule has 1 amide bonds. The number of carbonyl (C=O) groups excluding carboxylic acids is 1. The highest BCUT2D eigenvalue weighted by molar-refractivity contribution is 7.89. The van der Waals surface area contributed by atoms with Crippen molar-refractivity contribution < 1.29 is 13.2 Å². The molecule has 0 aliphatic carbocycles. The topological polar surface area (TPSA) is 88.2 Å². The van der Waals surface area contributed by atoms with E-state index in [-0.39, 0.29) is 22.6 Å². The number of rotatable bonds is 4. The van der Waals surface area contributed by atoms with Gasteiger partial charge in [0.1, 0.15) is 9.73 Å². The number of hydrazine groups is 1. The van der Waals surface area contributed by atoms with E-state index in [4.69, 9.17) is 0 Å². The first-order valence-electron chi connectivity index (χ1n) is 6.31. The summed E-state index contributed by atoms with van der Waals surface area (Å²) in [4.78, 5) is 18.6. The van der Waals surface area contributed by atoms with E-state index in [1.807, 2.05) is 26.2 Å². The number of hydrogen-bond donors (Lipinski definition) is 2. The summed E-state index contributed by atoms with van der Waals surface area (Å²) in [7, 11) is -3.82.